The lowest BCUT2D eigenvalue weighted by Crippen LogP contribution is -2.30. The molecule has 0 saturated carbocycles. The van der Waals surface area contributed by atoms with Gasteiger partial charge < -0.3 is 9.54 Å². The highest BCUT2D eigenvalue weighted by Crippen LogP contribution is 2.19. The standard InChI is InChI=1S/C16H14N2.C6H5ClO3S/c1-18-11-5-4-6-14(18)10-9-13-12-17-16-8-3-2-7-15(13)16;7-5-1-3-6(4-2-5)11(8,9)10/h2-12H,1H3;1-4H,(H,8,9,10). The van der Waals surface area contributed by atoms with Gasteiger partial charge in [-0.2, -0.15) is 0 Å². The summed E-state index contributed by atoms with van der Waals surface area (Å²) in [5.74, 6) is 0. The van der Waals surface area contributed by atoms with Crippen LogP contribution in [0.4, 0.5) is 0 Å². The third kappa shape index (κ3) is 5.54. The van der Waals surface area contributed by atoms with Crippen LogP contribution >= 0.6 is 11.6 Å². The van der Waals surface area contributed by atoms with Gasteiger partial charge in [0.1, 0.15) is 17.2 Å². The Labute approximate surface area is 174 Å². The fourth-order valence-electron chi connectivity index (χ4n) is 2.72. The minimum absolute atomic E-state index is 0.262. The van der Waals surface area contributed by atoms with E-state index in [9.17, 15) is 13.0 Å². The lowest BCUT2D eigenvalue weighted by molar-refractivity contribution is -0.673. The van der Waals surface area contributed by atoms with Crippen LogP contribution in [0.15, 0.2) is 84.0 Å². The van der Waals surface area contributed by atoms with Gasteiger partial charge >= 0.3 is 0 Å². The topological polar surface area (TPSA) is 76.9 Å². The SMILES string of the molecule is C[n+]1ccccc1/C=C/c1c[nH]c2ccccc12.O=S(=O)([O-])c1ccc(Cl)cc1. The van der Waals surface area contributed by atoms with Crippen LogP contribution in [0, 0.1) is 0 Å². The van der Waals surface area contributed by atoms with Crippen molar-refractivity contribution in [3.8, 4) is 0 Å². The Bertz CT molecular complexity index is 1250. The third-order valence-corrected chi connectivity index (χ3v) is 5.35. The zero-order valence-electron chi connectivity index (χ0n) is 15.6. The van der Waals surface area contributed by atoms with Gasteiger partial charge in [0.15, 0.2) is 6.20 Å². The highest BCUT2D eigenvalue weighted by atomic mass is 35.5. The average molecular weight is 427 g/mol. The molecular weight excluding hydrogens is 408 g/mol. The maximum atomic E-state index is 10.3. The van der Waals surface area contributed by atoms with E-state index in [0.29, 0.717) is 5.02 Å². The molecule has 0 amide bonds. The van der Waals surface area contributed by atoms with Gasteiger partial charge in [-0.25, -0.2) is 13.0 Å². The molecule has 2 aromatic heterocycles. The minimum Gasteiger partial charge on any atom is -0.744 e. The fraction of sp³-hybridized carbons (Fsp3) is 0.0455. The Morgan fingerprint density at radius 2 is 1.66 bits per heavy atom. The number of pyridine rings is 1. The number of hydrogen-bond donors (Lipinski definition) is 1. The summed E-state index contributed by atoms with van der Waals surface area (Å²) in [4.78, 5) is 3.02. The molecule has 2 aromatic carbocycles. The van der Waals surface area contributed by atoms with E-state index in [4.69, 9.17) is 11.6 Å². The van der Waals surface area contributed by atoms with Gasteiger partial charge in [0.2, 0.25) is 5.69 Å². The van der Waals surface area contributed by atoms with Crippen molar-refractivity contribution in [2.75, 3.05) is 0 Å². The first kappa shape index (κ1) is 20.8. The average Bonchev–Trinajstić information content (AvgIpc) is 3.11. The number of halogens is 1. The van der Waals surface area contributed by atoms with E-state index in [0.717, 1.165) is 0 Å². The van der Waals surface area contributed by atoms with Gasteiger partial charge in [0.25, 0.3) is 0 Å². The van der Waals surface area contributed by atoms with Gasteiger partial charge in [-0.05, 0) is 48.0 Å². The molecule has 0 atom stereocenters. The molecule has 2 heterocycles. The van der Waals surface area contributed by atoms with Crippen LogP contribution in [0.25, 0.3) is 23.1 Å². The second-order valence-electron chi connectivity index (χ2n) is 6.27. The van der Waals surface area contributed by atoms with Crippen molar-refractivity contribution < 1.29 is 17.5 Å². The van der Waals surface area contributed by atoms with Crippen LogP contribution in [-0.4, -0.2) is 18.0 Å². The van der Waals surface area contributed by atoms with E-state index in [1.165, 1.54) is 46.4 Å². The van der Waals surface area contributed by atoms with Crippen LogP contribution in [0.5, 0.6) is 0 Å². The van der Waals surface area contributed by atoms with Crippen LogP contribution in [-0.2, 0) is 17.2 Å². The third-order valence-electron chi connectivity index (χ3n) is 4.25. The van der Waals surface area contributed by atoms with Gasteiger partial charge in [0.05, 0.1) is 4.90 Å². The molecular formula is C22H19ClN2O3S. The predicted octanol–water partition coefficient (Wildman–Crippen LogP) is 4.41. The van der Waals surface area contributed by atoms with E-state index in [1.807, 2.05) is 18.3 Å². The van der Waals surface area contributed by atoms with Crippen LogP contribution in [0.2, 0.25) is 5.02 Å². The van der Waals surface area contributed by atoms with Crippen LogP contribution in [0.3, 0.4) is 0 Å². The lowest BCUT2D eigenvalue weighted by atomic mass is 10.1. The highest BCUT2D eigenvalue weighted by molar-refractivity contribution is 7.85. The minimum atomic E-state index is -4.33. The summed E-state index contributed by atoms with van der Waals surface area (Å²) >= 11 is 5.46. The summed E-state index contributed by atoms with van der Waals surface area (Å²) in [7, 11) is -2.28. The Morgan fingerprint density at radius 3 is 2.34 bits per heavy atom. The van der Waals surface area contributed by atoms with E-state index in [-0.39, 0.29) is 4.90 Å². The number of para-hydroxylation sites is 1. The number of aromatic amines is 1. The predicted molar refractivity (Wildman–Crippen MR) is 114 cm³/mol. The summed E-state index contributed by atoms with van der Waals surface area (Å²) in [6.07, 6.45) is 8.38. The van der Waals surface area contributed by atoms with Crippen LogP contribution < -0.4 is 4.57 Å². The normalized spacial score (nSPS) is 11.4. The molecule has 148 valence electrons. The Hall–Kier alpha value is -2.93. The summed E-state index contributed by atoms with van der Waals surface area (Å²) in [5, 5.41) is 1.66. The number of fused-ring (bicyclic) bond motifs is 1. The number of nitrogens with zero attached hydrogens (tertiary/aromatic N) is 1. The number of H-pyrrole nitrogens is 1. The summed E-state index contributed by atoms with van der Waals surface area (Å²) in [6.45, 7) is 0. The number of aromatic nitrogens is 2. The van der Waals surface area contributed by atoms with Crippen molar-refractivity contribution in [2.24, 2.45) is 7.05 Å². The molecule has 0 aliphatic heterocycles. The molecule has 4 aromatic rings. The first-order valence-corrected chi connectivity index (χ1v) is 10.5. The first-order valence-electron chi connectivity index (χ1n) is 8.75. The number of nitrogens with one attached hydrogen (secondary N) is 1. The van der Waals surface area contributed by atoms with Crippen molar-refractivity contribution >= 4 is 44.8 Å². The largest absolute Gasteiger partial charge is 0.744 e. The van der Waals surface area contributed by atoms with Crippen LogP contribution in [0.1, 0.15) is 11.3 Å². The van der Waals surface area contributed by atoms with Crippen molar-refractivity contribution in [3.63, 3.8) is 0 Å². The summed E-state index contributed by atoms with van der Waals surface area (Å²) in [6, 6.07) is 19.6. The first-order chi connectivity index (χ1) is 13.8. The molecule has 0 aliphatic rings. The lowest BCUT2D eigenvalue weighted by Gasteiger charge is -2.05. The Balaban J connectivity index is 0.000000188. The molecule has 0 bridgehead atoms. The maximum Gasteiger partial charge on any atom is 0.204 e. The zero-order chi connectivity index (χ0) is 20.9. The highest BCUT2D eigenvalue weighted by Gasteiger charge is 2.02. The van der Waals surface area contributed by atoms with E-state index >= 15 is 0 Å². The smallest absolute Gasteiger partial charge is 0.204 e. The summed E-state index contributed by atoms with van der Waals surface area (Å²) < 4.78 is 33.1. The van der Waals surface area contributed by atoms with Crippen molar-refractivity contribution in [3.05, 3.63) is 95.4 Å². The number of rotatable bonds is 3. The number of hydrogen-bond acceptors (Lipinski definition) is 3. The zero-order valence-corrected chi connectivity index (χ0v) is 17.2. The van der Waals surface area contributed by atoms with Crippen molar-refractivity contribution in [2.45, 2.75) is 4.90 Å². The Kier molecular flexibility index (Phi) is 6.49. The van der Waals surface area contributed by atoms with E-state index in [2.05, 4.69) is 65.3 Å². The Morgan fingerprint density at radius 1 is 0.966 bits per heavy atom. The molecule has 4 rings (SSSR count). The molecule has 0 fully saturated rings. The molecule has 7 heteroatoms. The second kappa shape index (κ2) is 9.05. The van der Waals surface area contributed by atoms with Gasteiger partial charge in [0, 0.05) is 40.3 Å². The van der Waals surface area contributed by atoms with Gasteiger partial charge in [-0.3, -0.25) is 0 Å². The molecule has 1 N–H and O–H groups in total. The van der Waals surface area contributed by atoms with Gasteiger partial charge in [-0.15, -0.1) is 0 Å². The fourth-order valence-corrected chi connectivity index (χ4v) is 3.31. The molecule has 0 radical (unpaired) electrons. The molecule has 0 unspecified atom stereocenters. The monoisotopic (exact) mass is 426 g/mol. The molecule has 5 nitrogen and oxygen atoms in total. The second-order valence-corrected chi connectivity index (χ2v) is 8.08. The molecule has 0 saturated heterocycles. The van der Waals surface area contributed by atoms with Gasteiger partial charge in [-0.1, -0.05) is 29.8 Å². The quantitative estimate of drug-likeness (QED) is 0.389. The summed E-state index contributed by atoms with van der Waals surface area (Å²) in [5.41, 5.74) is 3.58. The van der Waals surface area contributed by atoms with Crippen molar-refractivity contribution in [1.82, 2.24) is 4.98 Å². The molecule has 29 heavy (non-hydrogen) atoms. The van der Waals surface area contributed by atoms with E-state index in [1.54, 1.807) is 0 Å². The molecule has 0 aliphatic carbocycles. The number of benzene rings is 2. The van der Waals surface area contributed by atoms with Crippen molar-refractivity contribution in [1.29, 1.82) is 0 Å². The number of aryl methyl sites for hydroxylation is 1. The maximum absolute atomic E-state index is 10.3. The van der Waals surface area contributed by atoms with E-state index < -0.39 is 10.1 Å². The molecule has 0 spiro atoms.